The number of hydrogen-bond donors (Lipinski definition) is 3. The van der Waals surface area contributed by atoms with Gasteiger partial charge in [-0.15, -0.1) is 0 Å². The van der Waals surface area contributed by atoms with E-state index in [1.165, 1.54) is 13.0 Å². The highest BCUT2D eigenvalue weighted by Crippen LogP contribution is 2.35. The van der Waals surface area contributed by atoms with Gasteiger partial charge < -0.3 is 16.6 Å². The second-order valence-electron chi connectivity index (χ2n) is 3.68. The highest BCUT2D eigenvalue weighted by molar-refractivity contribution is 6.13. The van der Waals surface area contributed by atoms with Gasteiger partial charge in [0, 0.05) is 10.9 Å². The van der Waals surface area contributed by atoms with Crippen LogP contribution in [0.2, 0.25) is 0 Å². The first-order valence-electron chi connectivity index (χ1n) is 4.83. The van der Waals surface area contributed by atoms with Crippen molar-refractivity contribution in [3.05, 3.63) is 29.8 Å². The number of hydrogen-bond acceptors (Lipinski definition) is 4. The Bertz CT molecular complexity index is 591. The van der Waals surface area contributed by atoms with Crippen LogP contribution in [0.25, 0.3) is 10.8 Å². The van der Waals surface area contributed by atoms with Gasteiger partial charge in [-0.3, -0.25) is 4.79 Å². The van der Waals surface area contributed by atoms with Crippen LogP contribution in [0.3, 0.4) is 0 Å². The smallest absolute Gasteiger partial charge is 0.160 e. The van der Waals surface area contributed by atoms with E-state index in [0.717, 1.165) is 0 Å². The van der Waals surface area contributed by atoms with Crippen LogP contribution in [0.4, 0.5) is 11.4 Å². The molecule has 0 radical (unpaired) electrons. The van der Waals surface area contributed by atoms with Crippen LogP contribution in [0, 0.1) is 0 Å². The molecule has 2 rings (SSSR count). The van der Waals surface area contributed by atoms with Crippen LogP contribution in [-0.4, -0.2) is 10.9 Å². The molecule has 0 saturated carbocycles. The zero-order valence-corrected chi connectivity index (χ0v) is 8.82. The van der Waals surface area contributed by atoms with Crippen molar-refractivity contribution in [3.8, 4) is 5.75 Å². The third-order valence-corrected chi connectivity index (χ3v) is 2.61. The summed E-state index contributed by atoms with van der Waals surface area (Å²) in [6, 6.07) is 6.35. The van der Waals surface area contributed by atoms with Crippen molar-refractivity contribution in [1.82, 2.24) is 0 Å². The average molecular weight is 216 g/mol. The standard InChI is InChI=1S/C12H12N2O2/c1-6(15)7-3-5-10(16)11-8(7)2-4-9(13)12(11)14/h2-5,16H,13-14H2,1H3. The molecule has 0 aromatic heterocycles. The van der Waals surface area contributed by atoms with Crippen LogP contribution in [0.1, 0.15) is 17.3 Å². The Morgan fingerprint density at radius 3 is 2.50 bits per heavy atom. The molecular weight excluding hydrogens is 204 g/mol. The Balaban J connectivity index is 2.97. The Morgan fingerprint density at radius 2 is 1.88 bits per heavy atom. The first kappa shape index (κ1) is 10.3. The third kappa shape index (κ3) is 1.35. The predicted octanol–water partition coefficient (Wildman–Crippen LogP) is 1.91. The molecule has 0 aliphatic rings. The largest absolute Gasteiger partial charge is 0.507 e. The fourth-order valence-corrected chi connectivity index (χ4v) is 1.78. The molecule has 2 aromatic carbocycles. The summed E-state index contributed by atoms with van der Waals surface area (Å²) in [6.45, 7) is 1.47. The minimum absolute atomic E-state index is 0.0322. The SMILES string of the molecule is CC(=O)c1ccc(O)c2c(N)c(N)ccc12. The van der Waals surface area contributed by atoms with E-state index in [0.29, 0.717) is 27.7 Å². The molecule has 0 aliphatic heterocycles. The minimum Gasteiger partial charge on any atom is -0.507 e. The molecule has 0 bridgehead atoms. The normalized spacial score (nSPS) is 10.6. The van der Waals surface area contributed by atoms with Crippen LogP contribution in [0.15, 0.2) is 24.3 Å². The number of fused-ring (bicyclic) bond motifs is 1. The maximum atomic E-state index is 11.4. The molecule has 16 heavy (non-hydrogen) atoms. The maximum Gasteiger partial charge on any atom is 0.160 e. The van der Waals surface area contributed by atoms with Crippen LogP contribution in [-0.2, 0) is 0 Å². The number of nitrogens with two attached hydrogens (primary N) is 2. The number of carbonyl (C=O) groups is 1. The summed E-state index contributed by atoms with van der Waals surface area (Å²) in [5.74, 6) is -0.0426. The van der Waals surface area contributed by atoms with Crippen molar-refractivity contribution in [1.29, 1.82) is 0 Å². The predicted molar refractivity (Wildman–Crippen MR) is 64.4 cm³/mol. The highest BCUT2D eigenvalue weighted by atomic mass is 16.3. The molecule has 2 aromatic rings. The van der Waals surface area contributed by atoms with Gasteiger partial charge in [0.25, 0.3) is 0 Å². The van der Waals surface area contributed by atoms with Gasteiger partial charge >= 0.3 is 0 Å². The molecule has 82 valence electrons. The number of phenolic OH excluding ortho intramolecular Hbond substituents is 1. The van der Waals surface area contributed by atoms with Gasteiger partial charge in [-0.1, -0.05) is 6.07 Å². The zero-order valence-electron chi connectivity index (χ0n) is 8.82. The Hall–Kier alpha value is -2.23. The lowest BCUT2D eigenvalue weighted by molar-refractivity contribution is 0.101. The van der Waals surface area contributed by atoms with E-state index in [1.807, 2.05) is 0 Å². The molecule has 0 aliphatic carbocycles. The molecule has 0 unspecified atom stereocenters. The number of aromatic hydroxyl groups is 1. The summed E-state index contributed by atoms with van der Waals surface area (Å²) in [7, 11) is 0. The molecule has 0 atom stereocenters. The van der Waals surface area contributed by atoms with Crippen molar-refractivity contribution in [2.45, 2.75) is 6.92 Å². The van der Waals surface area contributed by atoms with E-state index in [4.69, 9.17) is 11.5 Å². The summed E-state index contributed by atoms with van der Waals surface area (Å²) in [5.41, 5.74) is 12.7. The molecule has 5 N–H and O–H groups in total. The third-order valence-electron chi connectivity index (χ3n) is 2.61. The van der Waals surface area contributed by atoms with Gasteiger partial charge in [-0.25, -0.2) is 0 Å². The van der Waals surface area contributed by atoms with E-state index < -0.39 is 0 Å². The van der Waals surface area contributed by atoms with Crippen LogP contribution < -0.4 is 11.5 Å². The zero-order chi connectivity index (χ0) is 11.9. The molecular formula is C12H12N2O2. The van der Waals surface area contributed by atoms with E-state index in [2.05, 4.69) is 0 Å². The second kappa shape index (κ2) is 3.41. The van der Waals surface area contributed by atoms with Crippen LogP contribution in [0.5, 0.6) is 5.75 Å². The summed E-state index contributed by atoms with van der Waals surface area (Å²) in [4.78, 5) is 11.4. The number of ketones is 1. The summed E-state index contributed by atoms with van der Waals surface area (Å²) in [5, 5.41) is 10.8. The van der Waals surface area contributed by atoms with Crippen molar-refractivity contribution < 1.29 is 9.90 Å². The Kier molecular flexibility index (Phi) is 2.20. The average Bonchev–Trinajstić information content (AvgIpc) is 2.23. The Labute approximate surface area is 92.5 Å². The van der Waals surface area contributed by atoms with Crippen molar-refractivity contribution in [2.75, 3.05) is 11.5 Å². The number of anilines is 2. The van der Waals surface area contributed by atoms with Gasteiger partial charge in [0.05, 0.1) is 11.4 Å². The number of nitrogen functional groups attached to an aromatic ring is 2. The van der Waals surface area contributed by atoms with E-state index in [-0.39, 0.29) is 11.5 Å². The van der Waals surface area contributed by atoms with E-state index in [9.17, 15) is 9.90 Å². The molecule has 0 fully saturated rings. The van der Waals surface area contributed by atoms with Gasteiger partial charge in [0.2, 0.25) is 0 Å². The van der Waals surface area contributed by atoms with Gasteiger partial charge in [0.1, 0.15) is 5.75 Å². The number of carbonyl (C=O) groups excluding carboxylic acids is 1. The molecule has 0 spiro atoms. The van der Waals surface area contributed by atoms with Gasteiger partial charge in [-0.2, -0.15) is 0 Å². The maximum absolute atomic E-state index is 11.4. The van der Waals surface area contributed by atoms with Gasteiger partial charge in [0.15, 0.2) is 5.78 Å². The Morgan fingerprint density at radius 1 is 1.19 bits per heavy atom. The van der Waals surface area contributed by atoms with Gasteiger partial charge in [-0.05, 0) is 30.5 Å². The lowest BCUT2D eigenvalue weighted by atomic mass is 9.99. The van der Waals surface area contributed by atoms with E-state index >= 15 is 0 Å². The first-order valence-corrected chi connectivity index (χ1v) is 4.83. The monoisotopic (exact) mass is 216 g/mol. The van der Waals surface area contributed by atoms with Crippen LogP contribution >= 0.6 is 0 Å². The lowest BCUT2D eigenvalue weighted by Gasteiger charge is -2.09. The lowest BCUT2D eigenvalue weighted by Crippen LogP contribution is -1.99. The fourth-order valence-electron chi connectivity index (χ4n) is 1.78. The fraction of sp³-hybridized carbons (Fsp3) is 0.0833. The summed E-state index contributed by atoms with van der Waals surface area (Å²) < 4.78 is 0. The number of rotatable bonds is 1. The first-order chi connectivity index (χ1) is 7.52. The quantitative estimate of drug-likeness (QED) is 0.501. The summed E-state index contributed by atoms with van der Waals surface area (Å²) >= 11 is 0. The van der Waals surface area contributed by atoms with Crippen molar-refractivity contribution in [2.24, 2.45) is 0 Å². The molecule has 4 nitrogen and oxygen atoms in total. The number of Topliss-reactive ketones (excluding diaryl/α,β-unsaturated/α-hetero) is 1. The topological polar surface area (TPSA) is 89.3 Å². The van der Waals surface area contributed by atoms with Crippen molar-refractivity contribution in [3.63, 3.8) is 0 Å². The number of benzene rings is 2. The second-order valence-corrected chi connectivity index (χ2v) is 3.68. The molecule has 4 heteroatoms. The molecule has 0 amide bonds. The summed E-state index contributed by atoms with van der Waals surface area (Å²) in [6.07, 6.45) is 0. The molecule has 0 saturated heterocycles. The number of phenols is 1. The van der Waals surface area contributed by atoms with E-state index in [1.54, 1.807) is 18.2 Å². The molecule has 0 heterocycles. The highest BCUT2D eigenvalue weighted by Gasteiger charge is 2.12. The minimum atomic E-state index is -0.0748. The van der Waals surface area contributed by atoms with Crippen molar-refractivity contribution >= 4 is 27.9 Å².